The molecule has 6 aromatic heterocycles. The molecule has 9 aromatic rings. The Hall–Kier alpha value is -4.56. The molecule has 2 N–H and O–H groups in total. The number of aliphatic hydroxyl groups excluding tert-OH is 2. The molecule has 0 aliphatic carbocycles. The summed E-state index contributed by atoms with van der Waals surface area (Å²) in [6.07, 6.45) is 7.47. The van der Waals surface area contributed by atoms with E-state index in [2.05, 4.69) is 154 Å². The predicted molar refractivity (Wildman–Crippen MR) is 276 cm³/mol. The summed E-state index contributed by atoms with van der Waals surface area (Å²) in [5, 5.41) is 23.9. The molecule has 2 unspecified atom stereocenters. The Morgan fingerprint density at radius 3 is 1.75 bits per heavy atom. The largest absolute Gasteiger partial charge is 0.483 e. The fraction of sp³-hybridized carbons (Fsp3) is 0.368. The number of rotatable bonds is 5. The van der Waals surface area contributed by atoms with Gasteiger partial charge >= 0.3 is 0 Å². The SMILES string of the molecule is CC(C)(C)C(O)CC(O)C(C)(C)C.CC(C)(C)c1cc(-c2[c-]nc3sc4ccccc4c3c2)ncn1.Cc1cccc(C)c1-c1nc(-c2[c-]nc3oc4ccccc4c3c2)cc(C(C)(C)C)n1.[Pt].[Pt]. The molecule has 2 atom stereocenters. The van der Waals surface area contributed by atoms with Crippen LogP contribution in [0.25, 0.3) is 76.3 Å². The van der Waals surface area contributed by atoms with Gasteiger partial charge in [0.05, 0.1) is 12.2 Å². The number of thiophene rings is 1. The minimum atomic E-state index is -0.443. The van der Waals surface area contributed by atoms with Gasteiger partial charge in [-0.05, 0) is 82.5 Å². The van der Waals surface area contributed by atoms with Crippen molar-refractivity contribution in [1.82, 2.24) is 29.9 Å². The number of hydrogen-bond acceptors (Lipinski definition) is 10. The number of fused-ring (bicyclic) bond motifs is 6. The van der Waals surface area contributed by atoms with Crippen molar-refractivity contribution in [3.05, 3.63) is 132 Å². The van der Waals surface area contributed by atoms with Gasteiger partial charge in [-0.15, -0.1) is 23.3 Å². The molecule has 0 aliphatic rings. The van der Waals surface area contributed by atoms with Gasteiger partial charge in [0.1, 0.15) is 17.6 Å². The normalized spacial score (nSPS) is 12.9. The maximum absolute atomic E-state index is 9.76. The number of aromatic nitrogens is 6. The second kappa shape index (κ2) is 21.8. The Labute approximate surface area is 440 Å². The average Bonchev–Trinajstić information content (AvgIpc) is 3.83. The van der Waals surface area contributed by atoms with E-state index in [-0.39, 0.29) is 63.8 Å². The number of furan rings is 1. The van der Waals surface area contributed by atoms with Crippen LogP contribution in [0.5, 0.6) is 0 Å². The summed E-state index contributed by atoms with van der Waals surface area (Å²) in [5.41, 5.74) is 9.83. The van der Waals surface area contributed by atoms with Gasteiger partial charge in [-0.2, -0.15) is 11.3 Å². The molecule has 3 aromatic carbocycles. The van der Waals surface area contributed by atoms with Crippen molar-refractivity contribution in [2.24, 2.45) is 10.8 Å². The summed E-state index contributed by atoms with van der Waals surface area (Å²) >= 11 is 1.70. The van der Waals surface area contributed by atoms with E-state index in [1.165, 1.54) is 10.1 Å². The van der Waals surface area contributed by atoms with E-state index in [0.717, 1.165) is 83.0 Å². The third kappa shape index (κ3) is 13.1. The zero-order chi connectivity index (χ0) is 48.6. The Balaban J connectivity index is 0.000000207. The molecule has 12 heteroatoms. The monoisotopic (exact) mass is 1300 g/mol. The van der Waals surface area contributed by atoms with Crippen molar-refractivity contribution in [3.8, 4) is 33.9 Å². The van der Waals surface area contributed by atoms with E-state index in [9.17, 15) is 10.2 Å². The van der Waals surface area contributed by atoms with Crippen LogP contribution in [-0.4, -0.2) is 52.3 Å². The van der Waals surface area contributed by atoms with Crippen LogP contribution in [0.3, 0.4) is 0 Å². The van der Waals surface area contributed by atoms with Gasteiger partial charge in [0.2, 0.25) is 0 Å². The van der Waals surface area contributed by atoms with Crippen LogP contribution in [-0.2, 0) is 53.0 Å². The van der Waals surface area contributed by atoms with Crippen LogP contribution in [0, 0.1) is 37.1 Å². The molecule has 0 saturated heterocycles. The van der Waals surface area contributed by atoms with Crippen LogP contribution < -0.4 is 0 Å². The van der Waals surface area contributed by atoms with E-state index >= 15 is 0 Å². The molecule has 6 heterocycles. The summed E-state index contributed by atoms with van der Waals surface area (Å²) in [5.74, 6) is 0.739. The molecule has 368 valence electrons. The average molecular weight is 1300 g/mol. The number of aliphatic hydroxyl groups is 2. The van der Waals surface area contributed by atoms with Crippen molar-refractivity contribution < 1.29 is 56.8 Å². The maximum atomic E-state index is 9.76. The van der Waals surface area contributed by atoms with E-state index in [0.29, 0.717) is 12.1 Å². The summed E-state index contributed by atoms with van der Waals surface area (Å²) < 4.78 is 7.12. The maximum Gasteiger partial charge on any atom is 0.151 e. The van der Waals surface area contributed by atoms with E-state index < -0.39 is 12.2 Å². The van der Waals surface area contributed by atoms with Crippen molar-refractivity contribution in [2.45, 2.75) is 126 Å². The third-order valence-corrected chi connectivity index (χ3v) is 13.1. The second-order valence-electron chi connectivity index (χ2n) is 21.7. The minimum absolute atomic E-state index is 0. The molecule has 0 spiro atoms. The van der Waals surface area contributed by atoms with Crippen molar-refractivity contribution in [1.29, 1.82) is 0 Å². The van der Waals surface area contributed by atoms with Crippen molar-refractivity contribution in [2.75, 3.05) is 0 Å². The van der Waals surface area contributed by atoms with Crippen LogP contribution in [0.15, 0.2) is 102 Å². The number of pyridine rings is 2. The third-order valence-electron chi connectivity index (χ3n) is 12.0. The molecule has 0 aliphatic heterocycles. The molecular formula is C57H64N6O3Pt2S-2. The Morgan fingerprint density at radius 1 is 0.580 bits per heavy atom. The molecule has 9 nitrogen and oxygen atoms in total. The number of aryl methyl sites for hydroxylation is 2. The van der Waals surface area contributed by atoms with Gasteiger partial charge < -0.3 is 24.6 Å². The van der Waals surface area contributed by atoms with E-state index in [1.54, 1.807) is 17.7 Å². The molecular weight excluding hydrogens is 1240 g/mol. The van der Waals surface area contributed by atoms with Gasteiger partial charge in [0, 0.05) is 91.2 Å². The molecule has 0 radical (unpaired) electrons. The van der Waals surface area contributed by atoms with Crippen LogP contribution in [0.2, 0.25) is 0 Å². The van der Waals surface area contributed by atoms with Gasteiger partial charge in [-0.25, -0.2) is 9.97 Å². The molecule has 69 heavy (non-hydrogen) atoms. The topological polar surface area (TPSA) is 131 Å². The smallest absolute Gasteiger partial charge is 0.151 e. The zero-order valence-electron chi connectivity index (χ0n) is 42.1. The van der Waals surface area contributed by atoms with Gasteiger partial charge in [0.15, 0.2) is 5.82 Å². The fourth-order valence-corrected chi connectivity index (χ4v) is 8.48. The molecule has 0 saturated carbocycles. The molecule has 9 rings (SSSR count). The first-order valence-electron chi connectivity index (χ1n) is 22.9. The van der Waals surface area contributed by atoms with E-state index in [4.69, 9.17) is 14.4 Å². The Bertz CT molecular complexity index is 3150. The minimum Gasteiger partial charge on any atom is -0.483 e. The number of benzene rings is 3. The summed E-state index contributed by atoms with van der Waals surface area (Å²) in [7, 11) is 0. The fourth-order valence-electron chi connectivity index (χ4n) is 7.47. The van der Waals surface area contributed by atoms with Crippen LogP contribution in [0.1, 0.15) is 112 Å². The van der Waals surface area contributed by atoms with Gasteiger partial charge in [-0.1, -0.05) is 155 Å². The van der Waals surface area contributed by atoms with Crippen LogP contribution in [0.4, 0.5) is 0 Å². The van der Waals surface area contributed by atoms with Crippen molar-refractivity contribution >= 4 is 53.7 Å². The Morgan fingerprint density at radius 2 is 1.13 bits per heavy atom. The Kier molecular flexibility index (Phi) is 17.5. The summed E-state index contributed by atoms with van der Waals surface area (Å²) in [4.78, 5) is 28.7. The summed E-state index contributed by atoms with van der Waals surface area (Å²) in [6.45, 7) is 29.0. The molecule has 0 amide bonds. The number of hydrogen-bond donors (Lipinski definition) is 2. The predicted octanol–water partition coefficient (Wildman–Crippen LogP) is 14.0. The number of nitrogens with zero attached hydrogens (tertiary/aromatic N) is 6. The zero-order valence-corrected chi connectivity index (χ0v) is 47.5. The first-order valence-corrected chi connectivity index (χ1v) is 23.8. The summed E-state index contributed by atoms with van der Waals surface area (Å²) in [6, 6.07) is 30.9. The first-order chi connectivity index (χ1) is 31.4. The quantitative estimate of drug-likeness (QED) is 0.162. The standard InChI is InChI=1S/C27H24N3O.C19H16N3S.C11H24O2.2Pt/c1-16-9-8-10-17(2)24(16)25-29-21(14-23(30-25)27(3,4)5)18-13-20-19-11-6-7-12-22(19)31-26(20)28-15-18;1-19(2,3)17-9-15(21-11-22-17)12-8-14-13-6-4-5-7-16(13)23-18(14)20-10-12;1-10(2,3)8(12)7-9(13)11(4,5)6;;/h6-14H,1-5H3;4-9,11H,1-3H3;8-9,12-13H,7H2,1-6H3;;/q2*-1;;;. The molecule has 0 fully saturated rings. The van der Waals surface area contributed by atoms with E-state index in [1.807, 2.05) is 65.8 Å². The van der Waals surface area contributed by atoms with Crippen LogP contribution >= 0.6 is 11.3 Å². The molecule has 0 bridgehead atoms. The second-order valence-corrected chi connectivity index (χ2v) is 22.7. The number of para-hydroxylation sites is 1. The first kappa shape index (κ1) is 55.4. The van der Waals surface area contributed by atoms with Gasteiger partial charge in [-0.3, -0.25) is 9.97 Å². The van der Waals surface area contributed by atoms with Crippen molar-refractivity contribution in [3.63, 3.8) is 0 Å². The van der Waals surface area contributed by atoms with Gasteiger partial charge in [0.25, 0.3) is 0 Å².